The van der Waals surface area contributed by atoms with Gasteiger partial charge in [0.2, 0.25) is 0 Å². The molecule has 0 atom stereocenters. The van der Waals surface area contributed by atoms with Crippen molar-refractivity contribution in [3.05, 3.63) is 75.8 Å². The third kappa shape index (κ3) is 6.34. The molecule has 4 nitrogen and oxygen atoms in total. The van der Waals surface area contributed by atoms with E-state index in [-0.39, 0.29) is 22.9 Å². The molecule has 176 valence electrons. The molecule has 8 heteroatoms. The zero-order valence-corrected chi connectivity index (χ0v) is 20.1. The molecule has 0 heterocycles. The molecule has 0 saturated carbocycles. The zero-order valence-electron chi connectivity index (χ0n) is 18.6. The van der Waals surface area contributed by atoms with Crippen molar-refractivity contribution in [3.63, 3.8) is 0 Å². The van der Waals surface area contributed by atoms with Gasteiger partial charge in [-0.25, -0.2) is 0 Å². The lowest BCUT2D eigenvalue weighted by atomic mass is 10.1. The Kier molecular flexibility index (Phi) is 8.16. The fraction of sp³-hybridized carbons (Fsp3) is 0.320. The number of anilines is 1. The van der Waals surface area contributed by atoms with Gasteiger partial charge in [-0.2, -0.15) is 8.78 Å². The Bertz CT molecular complexity index is 1080. The fourth-order valence-electron chi connectivity index (χ4n) is 3.44. The van der Waals surface area contributed by atoms with Gasteiger partial charge in [-0.3, -0.25) is 9.69 Å². The van der Waals surface area contributed by atoms with Gasteiger partial charge in [0.15, 0.2) is 6.61 Å². The van der Waals surface area contributed by atoms with Gasteiger partial charge in [0, 0.05) is 17.8 Å². The third-order valence-electron chi connectivity index (χ3n) is 5.51. The summed E-state index contributed by atoms with van der Waals surface area (Å²) in [6.07, 6.45) is 1.49. The maximum atomic E-state index is 13.7. The number of benzene rings is 2. The first-order valence-electron chi connectivity index (χ1n) is 10.7. The topological polar surface area (TPSA) is 41.6 Å². The summed E-state index contributed by atoms with van der Waals surface area (Å²) in [6, 6.07) is 8.97. The Morgan fingerprint density at radius 1 is 1.18 bits per heavy atom. The zero-order chi connectivity index (χ0) is 24.2. The summed E-state index contributed by atoms with van der Waals surface area (Å²) in [5.41, 5.74) is 3.86. The van der Waals surface area contributed by atoms with Crippen LogP contribution < -0.4 is 10.1 Å². The predicted molar refractivity (Wildman–Crippen MR) is 130 cm³/mol. The highest BCUT2D eigenvalue weighted by Crippen LogP contribution is 2.43. The van der Waals surface area contributed by atoms with Crippen molar-refractivity contribution in [2.45, 2.75) is 26.2 Å². The van der Waals surface area contributed by atoms with Gasteiger partial charge in [0.05, 0.1) is 10.0 Å². The number of amides is 1. The number of hydrogen-bond acceptors (Lipinski definition) is 3. The second-order valence-corrected chi connectivity index (χ2v) is 8.54. The number of likely N-dealkylation sites (N-methyl/N-ethyl adjacent to an activating group) is 1. The van der Waals surface area contributed by atoms with E-state index in [0.29, 0.717) is 16.8 Å². The highest BCUT2D eigenvalue weighted by Gasteiger charge is 2.28. The maximum Gasteiger partial charge on any atom is 0.291 e. The van der Waals surface area contributed by atoms with E-state index in [1.165, 1.54) is 23.3 Å². The van der Waals surface area contributed by atoms with E-state index in [1.54, 1.807) is 12.1 Å². The number of alkyl halides is 2. The minimum absolute atomic E-state index is 0.0209. The molecule has 3 rings (SSSR count). The molecule has 2 aromatic rings. The van der Waals surface area contributed by atoms with E-state index in [9.17, 15) is 13.6 Å². The van der Waals surface area contributed by atoms with Crippen LogP contribution in [-0.4, -0.2) is 37.0 Å². The largest absolute Gasteiger partial charge is 0.482 e. The van der Waals surface area contributed by atoms with Gasteiger partial charge in [0.1, 0.15) is 5.75 Å². The molecule has 2 aromatic carbocycles. The van der Waals surface area contributed by atoms with Crippen molar-refractivity contribution < 1.29 is 18.3 Å². The molecule has 1 aliphatic carbocycles. The van der Waals surface area contributed by atoms with Crippen molar-refractivity contribution in [2.75, 3.05) is 31.6 Å². The van der Waals surface area contributed by atoms with E-state index in [1.807, 2.05) is 6.07 Å². The first-order valence-corrected chi connectivity index (χ1v) is 11.4. The van der Waals surface area contributed by atoms with Crippen LogP contribution in [0.5, 0.6) is 5.75 Å². The lowest BCUT2D eigenvalue weighted by molar-refractivity contribution is -0.118. The van der Waals surface area contributed by atoms with E-state index < -0.39 is 11.8 Å². The second-order valence-electron chi connectivity index (χ2n) is 7.72. The van der Waals surface area contributed by atoms with Gasteiger partial charge in [0.25, 0.3) is 11.8 Å². The van der Waals surface area contributed by atoms with Crippen LogP contribution >= 0.6 is 23.2 Å². The maximum absolute atomic E-state index is 13.7. The number of nitrogens with one attached hydrogen (secondary N) is 1. The van der Waals surface area contributed by atoms with Crippen LogP contribution in [-0.2, 0) is 10.7 Å². The van der Waals surface area contributed by atoms with Crippen molar-refractivity contribution in [3.8, 4) is 5.75 Å². The van der Waals surface area contributed by atoms with Crippen LogP contribution in [0.25, 0.3) is 5.57 Å². The van der Waals surface area contributed by atoms with E-state index in [0.717, 1.165) is 37.7 Å². The molecule has 0 spiro atoms. The van der Waals surface area contributed by atoms with Crippen molar-refractivity contribution in [2.24, 2.45) is 0 Å². The molecule has 0 aliphatic heterocycles. The first-order chi connectivity index (χ1) is 15.7. The number of carbonyl (C=O) groups is 1. The van der Waals surface area contributed by atoms with Crippen molar-refractivity contribution in [1.29, 1.82) is 0 Å². The third-order valence-corrected chi connectivity index (χ3v) is 6.12. The number of halogens is 4. The number of carbonyl (C=O) groups excluding carboxylic acids is 1. The number of nitrogens with zero attached hydrogens (tertiary/aromatic N) is 1. The minimum atomic E-state index is -3.20. The average Bonchev–Trinajstić information content (AvgIpc) is 3.55. The monoisotopic (exact) mass is 494 g/mol. The van der Waals surface area contributed by atoms with Gasteiger partial charge >= 0.3 is 0 Å². The van der Waals surface area contributed by atoms with Gasteiger partial charge < -0.3 is 10.1 Å². The number of rotatable bonds is 11. The molecule has 0 fully saturated rings. The molecule has 0 unspecified atom stereocenters. The lowest BCUT2D eigenvalue weighted by Crippen LogP contribution is -2.23. The minimum Gasteiger partial charge on any atom is -0.482 e. The second kappa shape index (κ2) is 10.7. The molecule has 1 aliphatic rings. The summed E-state index contributed by atoms with van der Waals surface area (Å²) in [5, 5.41) is 3.27. The van der Waals surface area contributed by atoms with Gasteiger partial charge in [-0.1, -0.05) is 49.7 Å². The van der Waals surface area contributed by atoms with Crippen LogP contribution in [0.2, 0.25) is 10.0 Å². The smallest absolute Gasteiger partial charge is 0.291 e. The summed E-state index contributed by atoms with van der Waals surface area (Å²) in [7, 11) is 0. The normalized spacial score (nSPS) is 13.3. The highest BCUT2D eigenvalue weighted by atomic mass is 35.5. The van der Waals surface area contributed by atoms with Crippen molar-refractivity contribution >= 4 is 40.4 Å². The Balaban J connectivity index is 1.58. The SMILES string of the molecule is C=CC(F)(F)c1ccc(OCC(=O)Nc2ccc(C3=C(CN(CC)CC)C3)c(Cl)c2)c(Cl)c1. The van der Waals surface area contributed by atoms with E-state index >= 15 is 0 Å². The molecular weight excluding hydrogens is 469 g/mol. The number of allylic oxidation sites excluding steroid dienone is 2. The predicted octanol–water partition coefficient (Wildman–Crippen LogP) is 6.79. The standard InChI is InChI=1S/C25H26Cl2F2N2O2/c1-4-25(28,29)17-7-10-23(22(27)12-17)33-15-24(32)30-18-8-9-19(21(26)13-18)20-11-16(20)14-31(5-2)6-3/h4,7-10,12-13H,1,5-6,11,14-15H2,2-3H3,(H,30,32). The highest BCUT2D eigenvalue weighted by molar-refractivity contribution is 6.33. The van der Waals surface area contributed by atoms with Crippen LogP contribution in [0, 0.1) is 0 Å². The summed E-state index contributed by atoms with van der Waals surface area (Å²) in [5.74, 6) is -3.50. The summed E-state index contributed by atoms with van der Waals surface area (Å²) in [4.78, 5) is 14.6. The summed E-state index contributed by atoms with van der Waals surface area (Å²) < 4.78 is 32.7. The van der Waals surface area contributed by atoms with Gasteiger partial charge in [-0.15, -0.1) is 0 Å². The van der Waals surface area contributed by atoms with Crippen molar-refractivity contribution in [1.82, 2.24) is 4.90 Å². The first kappa shape index (κ1) is 25.2. The van der Waals surface area contributed by atoms with E-state index in [2.05, 4.69) is 30.6 Å². The molecule has 0 aromatic heterocycles. The van der Waals surface area contributed by atoms with E-state index in [4.69, 9.17) is 27.9 Å². The molecule has 0 bridgehead atoms. The quantitative estimate of drug-likeness (QED) is 0.349. The van der Waals surface area contributed by atoms with Crippen LogP contribution in [0.3, 0.4) is 0 Å². The van der Waals surface area contributed by atoms with Crippen LogP contribution in [0.1, 0.15) is 31.4 Å². The van der Waals surface area contributed by atoms with Gasteiger partial charge in [-0.05, 0) is 72.6 Å². The molecule has 0 radical (unpaired) electrons. The Hall–Kier alpha value is -2.41. The molecular formula is C25H26Cl2F2N2O2. The van der Waals surface area contributed by atoms with Crippen LogP contribution in [0.4, 0.5) is 14.5 Å². The fourth-order valence-corrected chi connectivity index (χ4v) is 3.97. The molecule has 0 saturated heterocycles. The number of ether oxygens (including phenoxy) is 1. The Morgan fingerprint density at radius 3 is 2.52 bits per heavy atom. The summed E-state index contributed by atoms with van der Waals surface area (Å²) >= 11 is 12.5. The Labute approximate surface area is 202 Å². The Morgan fingerprint density at radius 2 is 1.91 bits per heavy atom. The average molecular weight is 495 g/mol. The van der Waals surface area contributed by atoms with Crippen LogP contribution in [0.15, 0.2) is 54.6 Å². The molecule has 33 heavy (non-hydrogen) atoms. The molecule has 1 amide bonds. The lowest BCUT2D eigenvalue weighted by Gasteiger charge is -2.15. The number of hydrogen-bond donors (Lipinski definition) is 1. The summed E-state index contributed by atoms with van der Waals surface area (Å²) in [6.45, 7) is 10.0. The molecule has 1 N–H and O–H groups in total.